The van der Waals surface area contributed by atoms with Crippen molar-refractivity contribution in [2.24, 2.45) is 11.7 Å². The number of fused-ring (bicyclic) bond motifs is 1. The highest BCUT2D eigenvalue weighted by Gasteiger charge is 2.19. The van der Waals surface area contributed by atoms with E-state index < -0.39 is 0 Å². The Labute approximate surface area is 123 Å². The number of ether oxygens (including phenoxy) is 1. The van der Waals surface area contributed by atoms with E-state index in [9.17, 15) is 0 Å². The Kier molecular flexibility index (Phi) is 4.04. The van der Waals surface area contributed by atoms with Crippen molar-refractivity contribution in [1.82, 2.24) is 0 Å². The Bertz CT molecular complexity index is 578. The molecule has 0 aliphatic heterocycles. The molecule has 1 unspecified atom stereocenters. The summed E-state index contributed by atoms with van der Waals surface area (Å²) in [6.45, 7) is 4.14. The second-order valence-corrected chi connectivity index (χ2v) is 6.18. The number of hydrogen-bond acceptors (Lipinski definition) is 3. The van der Waals surface area contributed by atoms with Gasteiger partial charge in [0.25, 0.3) is 0 Å². The average molecular weight is 377 g/mol. The predicted molar refractivity (Wildman–Crippen MR) is 79.9 cm³/mol. The van der Waals surface area contributed by atoms with Crippen LogP contribution in [0.4, 0.5) is 0 Å². The lowest BCUT2D eigenvalue weighted by Gasteiger charge is -2.11. The van der Waals surface area contributed by atoms with Gasteiger partial charge in [0.15, 0.2) is 0 Å². The number of nitrogens with two attached hydrogens (primary N) is 1. The van der Waals surface area contributed by atoms with Crippen molar-refractivity contribution in [3.8, 4) is 5.75 Å². The Hall–Kier alpha value is -0.520. The first-order valence-corrected chi connectivity index (χ1v) is 7.25. The summed E-state index contributed by atoms with van der Waals surface area (Å²) < 4.78 is 12.9. The van der Waals surface area contributed by atoms with Crippen LogP contribution in [0.5, 0.6) is 5.75 Å². The van der Waals surface area contributed by atoms with Gasteiger partial charge in [0.2, 0.25) is 0 Å². The monoisotopic (exact) mass is 375 g/mol. The molecule has 0 aliphatic carbocycles. The summed E-state index contributed by atoms with van der Waals surface area (Å²) in [5.41, 5.74) is 6.90. The third kappa shape index (κ3) is 2.31. The van der Waals surface area contributed by atoms with E-state index in [1.165, 1.54) is 0 Å². The van der Waals surface area contributed by atoms with Crippen molar-refractivity contribution in [1.29, 1.82) is 0 Å². The third-order valence-electron chi connectivity index (χ3n) is 2.95. The molecule has 0 bridgehead atoms. The number of methoxy groups -OCH3 is 1. The molecule has 0 saturated carbocycles. The van der Waals surface area contributed by atoms with Crippen molar-refractivity contribution < 1.29 is 9.15 Å². The van der Waals surface area contributed by atoms with Crippen LogP contribution in [0, 0.1) is 5.92 Å². The molecule has 0 radical (unpaired) electrons. The molecule has 98 valence electrons. The maximum absolute atomic E-state index is 6.12. The fourth-order valence-electron chi connectivity index (χ4n) is 1.77. The molecular formula is C13H15Br2NO2. The molecule has 1 aromatic carbocycles. The molecule has 1 atom stereocenters. The number of benzene rings is 1. The van der Waals surface area contributed by atoms with Crippen molar-refractivity contribution >= 4 is 42.8 Å². The molecule has 2 rings (SSSR count). The molecule has 18 heavy (non-hydrogen) atoms. The molecule has 0 fully saturated rings. The second kappa shape index (κ2) is 5.23. The zero-order valence-corrected chi connectivity index (χ0v) is 13.6. The molecule has 1 aromatic heterocycles. The maximum Gasteiger partial charge on any atom is 0.149 e. The zero-order chi connectivity index (χ0) is 13.4. The molecule has 2 aromatic rings. The number of hydrogen-bond donors (Lipinski definition) is 1. The molecule has 0 aliphatic rings. The Morgan fingerprint density at radius 2 is 1.94 bits per heavy atom. The van der Waals surface area contributed by atoms with Crippen LogP contribution in [0.25, 0.3) is 11.0 Å². The Morgan fingerprint density at radius 3 is 2.50 bits per heavy atom. The SMILES string of the molecule is COc1cc(Br)c2oc(C(N)C(C)C)cc2c1Br. The van der Waals surface area contributed by atoms with Crippen LogP contribution in [-0.2, 0) is 0 Å². The largest absolute Gasteiger partial charge is 0.496 e. The molecule has 0 spiro atoms. The van der Waals surface area contributed by atoms with E-state index in [1.54, 1.807) is 7.11 Å². The standard InChI is InChI=1S/C13H15Br2NO2/c1-6(2)12(16)10-4-7-11(15)9(17-3)5-8(14)13(7)18-10/h4-6,12H,16H2,1-3H3. The smallest absolute Gasteiger partial charge is 0.149 e. The first kappa shape index (κ1) is 13.9. The van der Waals surface area contributed by atoms with E-state index in [0.717, 1.165) is 31.4 Å². The lowest BCUT2D eigenvalue weighted by Crippen LogP contribution is -2.15. The highest BCUT2D eigenvalue weighted by Crippen LogP contribution is 2.40. The minimum absolute atomic E-state index is 0.109. The molecule has 5 heteroatoms. The summed E-state index contributed by atoms with van der Waals surface area (Å²) in [5.74, 6) is 1.87. The summed E-state index contributed by atoms with van der Waals surface area (Å²) >= 11 is 7.02. The highest BCUT2D eigenvalue weighted by atomic mass is 79.9. The normalized spacial score (nSPS) is 13.3. The van der Waals surface area contributed by atoms with E-state index in [1.807, 2.05) is 12.1 Å². The summed E-state index contributed by atoms with van der Waals surface area (Å²) in [6.07, 6.45) is 0. The van der Waals surface area contributed by atoms with Crippen LogP contribution in [0.3, 0.4) is 0 Å². The van der Waals surface area contributed by atoms with Gasteiger partial charge in [-0.2, -0.15) is 0 Å². The first-order valence-electron chi connectivity index (χ1n) is 5.66. The summed E-state index contributed by atoms with van der Waals surface area (Å²) in [6, 6.07) is 3.74. The van der Waals surface area contributed by atoms with Gasteiger partial charge in [-0.1, -0.05) is 13.8 Å². The first-order chi connectivity index (χ1) is 8.45. The maximum atomic E-state index is 6.12. The van der Waals surface area contributed by atoms with Gasteiger partial charge in [-0.05, 0) is 49.9 Å². The minimum Gasteiger partial charge on any atom is -0.496 e. The van der Waals surface area contributed by atoms with E-state index in [0.29, 0.717) is 5.92 Å². The van der Waals surface area contributed by atoms with Gasteiger partial charge < -0.3 is 14.9 Å². The van der Waals surface area contributed by atoms with E-state index in [2.05, 4.69) is 45.7 Å². The molecule has 3 nitrogen and oxygen atoms in total. The van der Waals surface area contributed by atoms with E-state index in [4.69, 9.17) is 14.9 Å². The number of furan rings is 1. The van der Waals surface area contributed by atoms with Crippen LogP contribution in [0.15, 0.2) is 25.5 Å². The van der Waals surface area contributed by atoms with Crippen LogP contribution in [-0.4, -0.2) is 7.11 Å². The van der Waals surface area contributed by atoms with Gasteiger partial charge in [-0.3, -0.25) is 0 Å². The van der Waals surface area contributed by atoms with Crippen molar-refractivity contribution in [3.05, 3.63) is 26.8 Å². The van der Waals surface area contributed by atoms with Crippen LogP contribution < -0.4 is 10.5 Å². The Balaban J connectivity index is 2.64. The number of halogens is 2. The molecule has 2 N–H and O–H groups in total. The van der Waals surface area contributed by atoms with Crippen LogP contribution in [0.2, 0.25) is 0 Å². The van der Waals surface area contributed by atoms with Gasteiger partial charge in [-0.25, -0.2) is 0 Å². The summed E-state index contributed by atoms with van der Waals surface area (Å²) in [5, 5.41) is 0.965. The van der Waals surface area contributed by atoms with Crippen LogP contribution in [0.1, 0.15) is 25.6 Å². The van der Waals surface area contributed by atoms with E-state index >= 15 is 0 Å². The lowest BCUT2D eigenvalue weighted by molar-refractivity contribution is 0.411. The quantitative estimate of drug-likeness (QED) is 0.849. The van der Waals surface area contributed by atoms with Gasteiger partial charge in [0.1, 0.15) is 17.1 Å². The Morgan fingerprint density at radius 1 is 1.28 bits per heavy atom. The molecule has 0 saturated heterocycles. The fraction of sp³-hybridized carbons (Fsp3) is 0.385. The van der Waals surface area contributed by atoms with Crippen molar-refractivity contribution in [2.75, 3.05) is 7.11 Å². The average Bonchev–Trinajstić information content (AvgIpc) is 2.78. The molecule has 0 amide bonds. The van der Waals surface area contributed by atoms with Gasteiger partial charge in [-0.15, -0.1) is 0 Å². The lowest BCUT2D eigenvalue weighted by atomic mass is 10.0. The fourth-order valence-corrected chi connectivity index (χ4v) is 2.84. The highest BCUT2D eigenvalue weighted by molar-refractivity contribution is 9.11. The summed E-state index contributed by atoms with van der Waals surface area (Å²) in [4.78, 5) is 0. The molecular weight excluding hydrogens is 362 g/mol. The van der Waals surface area contributed by atoms with Gasteiger partial charge in [0, 0.05) is 5.39 Å². The number of rotatable bonds is 3. The molecule has 1 heterocycles. The van der Waals surface area contributed by atoms with Gasteiger partial charge in [0.05, 0.1) is 22.1 Å². The third-order valence-corrected chi connectivity index (χ3v) is 4.35. The van der Waals surface area contributed by atoms with Crippen LogP contribution >= 0.6 is 31.9 Å². The van der Waals surface area contributed by atoms with Crippen molar-refractivity contribution in [3.63, 3.8) is 0 Å². The summed E-state index contributed by atoms with van der Waals surface area (Å²) in [7, 11) is 1.64. The predicted octanol–water partition coefficient (Wildman–Crippen LogP) is 4.62. The second-order valence-electron chi connectivity index (χ2n) is 4.54. The van der Waals surface area contributed by atoms with Crippen molar-refractivity contribution in [2.45, 2.75) is 19.9 Å². The zero-order valence-electron chi connectivity index (χ0n) is 10.5. The topological polar surface area (TPSA) is 48.4 Å². The van der Waals surface area contributed by atoms with Gasteiger partial charge >= 0.3 is 0 Å². The van der Waals surface area contributed by atoms with E-state index in [-0.39, 0.29) is 6.04 Å². The minimum atomic E-state index is -0.109.